The maximum Gasteiger partial charge on any atom is 0.338 e. The van der Waals surface area contributed by atoms with Gasteiger partial charge in [-0.15, -0.1) is 0 Å². The Morgan fingerprint density at radius 2 is 2.00 bits per heavy atom. The van der Waals surface area contributed by atoms with Crippen molar-refractivity contribution in [3.8, 4) is 0 Å². The molecule has 1 heterocycles. The van der Waals surface area contributed by atoms with Crippen molar-refractivity contribution in [2.75, 3.05) is 6.54 Å². The number of rotatable bonds is 4. The van der Waals surface area contributed by atoms with Crippen LogP contribution in [0.1, 0.15) is 50.4 Å². The summed E-state index contributed by atoms with van der Waals surface area (Å²) in [4.78, 5) is 14.6. The highest BCUT2D eigenvalue weighted by Crippen LogP contribution is 2.23. The first-order chi connectivity index (χ1) is 9.97. The predicted octanol–water partition coefficient (Wildman–Crippen LogP) is 1.26. The monoisotopic (exact) mass is 388 g/mol. The van der Waals surface area contributed by atoms with Gasteiger partial charge < -0.3 is 17.1 Å². The topological polar surface area (TPSA) is 29.5 Å². The second-order valence-corrected chi connectivity index (χ2v) is 6.97. The van der Waals surface area contributed by atoms with Gasteiger partial charge in [-0.3, -0.25) is 4.90 Å². The summed E-state index contributed by atoms with van der Waals surface area (Å²) in [7, 11) is 0. The lowest BCUT2D eigenvalue weighted by Gasteiger charge is -2.40. The Balaban J connectivity index is 0.00000242. The van der Waals surface area contributed by atoms with Crippen LogP contribution in [0, 0.1) is 0 Å². The molecule has 0 spiro atoms. The number of halogens is 2. The van der Waals surface area contributed by atoms with Gasteiger partial charge in [0.25, 0.3) is 0 Å². The number of benzene rings is 1. The van der Waals surface area contributed by atoms with E-state index in [0.717, 1.165) is 11.0 Å². The van der Waals surface area contributed by atoms with Crippen LogP contribution in [0.25, 0.3) is 0 Å². The molecule has 1 aromatic carbocycles. The van der Waals surface area contributed by atoms with Crippen LogP contribution < -0.4 is 12.4 Å². The van der Waals surface area contributed by atoms with E-state index in [1.54, 1.807) is 12.1 Å². The fourth-order valence-electron chi connectivity index (χ4n) is 3.04. The van der Waals surface area contributed by atoms with Gasteiger partial charge in [0, 0.05) is 23.1 Å². The molecule has 3 nitrogen and oxygen atoms in total. The molecule has 22 heavy (non-hydrogen) atoms. The fraction of sp³-hybridized carbons (Fsp3) is 0.588. The number of likely N-dealkylation sites (tertiary alicyclic amines) is 1. The quantitative estimate of drug-likeness (QED) is 0.726. The minimum Gasteiger partial charge on any atom is -1.00 e. The van der Waals surface area contributed by atoms with Gasteiger partial charge in [-0.05, 0) is 51.8 Å². The van der Waals surface area contributed by atoms with Gasteiger partial charge in [0.1, 0.15) is 6.10 Å². The minimum absolute atomic E-state index is 0. The maximum atomic E-state index is 12.2. The van der Waals surface area contributed by atoms with Gasteiger partial charge in [0.2, 0.25) is 0 Å². The van der Waals surface area contributed by atoms with Crippen molar-refractivity contribution >= 4 is 21.9 Å². The molecule has 1 aliphatic heterocycles. The van der Waals surface area contributed by atoms with Crippen LogP contribution in [0.4, 0.5) is 0 Å². The Hall–Kier alpha value is -0.580. The van der Waals surface area contributed by atoms with Crippen molar-refractivity contribution in [2.45, 2.75) is 58.2 Å². The van der Waals surface area contributed by atoms with E-state index in [1.807, 2.05) is 19.1 Å². The number of carbonyl (C=O) groups is 1. The van der Waals surface area contributed by atoms with Gasteiger partial charge in [-0.25, -0.2) is 4.79 Å². The molecule has 0 saturated carbocycles. The van der Waals surface area contributed by atoms with Crippen LogP contribution >= 0.6 is 15.9 Å². The number of esters is 1. The fourth-order valence-corrected chi connectivity index (χ4v) is 3.43. The van der Waals surface area contributed by atoms with Gasteiger partial charge in [-0.1, -0.05) is 28.4 Å². The summed E-state index contributed by atoms with van der Waals surface area (Å²) in [5.74, 6) is -0.249. The third kappa shape index (κ3) is 5.25. The Morgan fingerprint density at radius 3 is 2.59 bits per heavy atom. The van der Waals surface area contributed by atoms with E-state index in [0.29, 0.717) is 17.6 Å². The summed E-state index contributed by atoms with van der Waals surface area (Å²) in [5.41, 5.74) is 0.593. The molecule has 124 valence electrons. The zero-order valence-corrected chi connectivity index (χ0v) is 15.7. The van der Waals surface area contributed by atoms with E-state index in [2.05, 4.69) is 34.7 Å². The van der Waals surface area contributed by atoms with Crippen LogP contribution in [0.5, 0.6) is 0 Å². The van der Waals surface area contributed by atoms with Crippen molar-refractivity contribution in [2.24, 2.45) is 0 Å². The number of carbonyl (C=O) groups excluding carboxylic acids is 1. The minimum atomic E-state index is -0.249. The van der Waals surface area contributed by atoms with Crippen molar-refractivity contribution in [1.82, 2.24) is 4.90 Å². The van der Waals surface area contributed by atoms with E-state index < -0.39 is 0 Å². The second-order valence-electron chi connectivity index (χ2n) is 6.05. The van der Waals surface area contributed by atoms with Crippen molar-refractivity contribution in [3.63, 3.8) is 0 Å². The highest BCUT2D eigenvalue weighted by molar-refractivity contribution is 9.10. The molecular weight excluding hydrogens is 366 g/mol. The summed E-state index contributed by atoms with van der Waals surface area (Å²) in [5, 5.41) is 0. The molecule has 0 aliphatic carbocycles. The SMILES string of the molecule is CC(CN1C(C)CCCC1C)OC(=O)c1cccc(Br)c1.[Cl-]. The molecule has 0 aromatic heterocycles. The third-order valence-corrected chi connectivity index (χ3v) is 4.71. The Bertz CT molecular complexity index is 487. The molecule has 3 unspecified atom stereocenters. The van der Waals surface area contributed by atoms with Crippen molar-refractivity contribution in [3.05, 3.63) is 34.3 Å². The molecule has 0 radical (unpaired) electrons. The van der Waals surface area contributed by atoms with Gasteiger partial charge in [0.15, 0.2) is 0 Å². The largest absolute Gasteiger partial charge is 1.00 e. The lowest BCUT2D eigenvalue weighted by Crippen LogP contribution is -3.00. The van der Waals surface area contributed by atoms with Gasteiger partial charge in [-0.2, -0.15) is 0 Å². The molecule has 0 N–H and O–H groups in total. The average Bonchev–Trinajstić information content (AvgIpc) is 2.43. The van der Waals surface area contributed by atoms with E-state index in [4.69, 9.17) is 4.74 Å². The summed E-state index contributed by atoms with van der Waals surface area (Å²) < 4.78 is 6.48. The second kappa shape index (κ2) is 8.90. The molecule has 0 bridgehead atoms. The molecule has 2 rings (SSSR count). The number of hydrogen-bond acceptors (Lipinski definition) is 3. The summed E-state index contributed by atoms with van der Waals surface area (Å²) in [6, 6.07) is 8.46. The highest BCUT2D eigenvalue weighted by atomic mass is 79.9. The van der Waals surface area contributed by atoms with Gasteiger partial charge >= 0.3 is 5.97 Å². The first-order valence-corrected chi connectivity index (χ1v) is 8.49. The third-order valence-electron chi connectivity index (χ3n) is 4.21. The molecular formula is C17H24BrClNO2-. The summed E-state index contributed by atoms with van der Waals surface area (Å²) >= 11 is 3.38. The summed E-state index contributed by atoms with van der Waals surface area (Å²) in [6.45, 7) is 7.31. The lowest BCUT2D eigenvalue weighted by molar-refractivity contribution is -0.0000733. The first kappa shape index (κ1) is 19.5. The van der Waals surface area contributed by atoms with Crippen LogP contribution in [-0.2, 0) is 4.74 Å². The molecule has 1 aromatic rings. The van der Waals surface area contributed by atoms with E-state index in [9.17, 15) is 4.79 Å². The van der Waals surface area contributed by atoms with E-state index in [1.165, 1.54) is 19.3 Å². The lowest BCUT2D eigenvalue weighted by atomic mass is 9.97. The molecule has 3 atom stereocenters. The number of nitrogens with zero attached hydrogens (tertiary/aromatic N) is 1. The zero-order valence-electron chi connectivity index (χ0n) is 13.4. The highest BCUT2D eigenvalue weighted by Gasteiger charge is 2.26. The van der Waals surface area contributed by atoms with Gasteiger partial charge in [0.05, 0.1) is 5.56 Å². The van der Waals surface area contributed by atoms with Crippen LogP contribution in [0.15, 0.2) is 28.7 Å². The summed E-state index contributed by atoms with van der Waals surface area (Å²) in [6.07, 6.45) is 3.66. The number of ether oxygens (including phenoxy) is 1. The zero-order chi connectivity index (χ0) is 15.4. The average molecular weight is 390 g/mol. The maximum absolute atomic E-state index is 12.2. The molecule has 1 fully saturated rings. The number of hydrogen-bond donors (Lipinski definition) is 0. The van der Waals surface area contributed by atoms with Crippen molar-refractivity contribution < 1.29 is 21.9 Å². The number of piperidine rings is 1. The predicted molar refractivity (Wildman–Crippen MR) is 88.5 cm³/mol. The van der Waals surface area contributed by atoms with Crippen LogP contribution in [-0.4, -0.2) is 35.6 Å². The molecule has 0 amide bonds. The first-order valence-electron chi connectivity index (χ1n) is 7.69. The Kier molecular flexibility index (Phi) is 7.87. The molecule has 1 saturated heterocycles. The van der Waals surface area contributed by atoms with E-state index in [-0.39, 0.29) is 24.5 Å². The standard InChI is InChI=1S/C17H24BrNO2.ClH/c1-12-6-4-7-13(2)19(12)11-14(3)21-17(20)15-8-5-9-16(18)10-15;/h5,8-10,12-14H,4,6-7,11H2,1-3H3;1H/p-1. The molecule has 1 aliphatic rings. The smallest absolute Gasteiger partial charge is 0.338 e. The van der Waals surface area contributed by atoms with Crippen molar-refractivity contribution in [1.29, 1.82) is 0 Å². The van der Waals surface area contributed by atoms with Crippen LogP contribution in [0.3, 0.4) is 0 Å². The molecule has 5 heteroatoms. The van der Waals surface area contributed by atoms with Crippen LogP contribution in [0.2, 0.25) is 0 Å². The van der Waals surface area contributed by atoms with E-state index >= 15 is 0 Å². The Morgan fingerprint density at radius 1 is 1.36 bits per heavy atom. The normalized spacial score (nSPS) is 23.5. The Labute approximate surface area is 147 Å².